The number of benzene rings is 1. The van der Waals surface area contributed by atoms with E-state index in [1.54, 1.807) is 0 Å². The van der Waals surface area contributed by atoms with Crippen LogP contribution in [0.3, 0.4) is 0 Å². The van der Waals surface area contributed by atoms with Crippen LogP contribution >= 0.6 is 0 Å². The highest BCUT2D eigenvalue weighted by atomic mass is 19.1. The lowest BCUT2D eigenvalue weighted by Gasteiger charge is -2.09. The molecule has 0 spiro atoms. The van der Waals surface area contributed by atoms with E-state index < -0.39 is 0 Å². The van der Waals surface area contributed by atoms with Crippen molar-refractivity contribution in [1.82, 2.24) is 0 Å². The van der Waals surface area contributed by atoms with E-state index in [1.807, 2.05) is 26.0 Å². The molecule has 0 saturated carbocycles. The second kappa shape index (κ2) is 7.54. The van der Waals surface area contributed by atoms with Gasteiger partial charge in [0.15, 0.2) is 0 Å². The van der Waals surface area contributed by atoms with Crippen LogP contribution in [-0.4, -0.2) is 0 Å². The first kappa shape index (κ1) is 13.2. The van der Waals surface area contributed by atoms with Gasteiger partial charge >= 0.3 is 0 Å². The Balaban J connectivity index is 0.000000791. The molecule has 0 fully saturated rings. The van der Waals surface area contributed by atoms with Gasteiger partial charge in [0.25, 0.3) is 0 Å². The number of hydrogen-bond donors (Lipinski definition) is 0. The van der Waals surface area contributed by atoms with Crippen molar-refractivity contribution in [1.29, 1.82) is 0 Å². The molecule has 1 aromatic rings. The first-order valence-electron chi connectivity index (χ1n) is 5.49. The van der Waals surface area contributed by atoms with Crippen LogP contribution in [0.4, 0.5) is 4.39 Å². The monoisotopic (exact) mass is 196 g/mol. The van der Waals surface area contributed by atoms with E-state index in [4.69, 9.17) is 0 Å². The van der Waals surface area contributed by atoms with E-state index in [2.05, 4.69) is 13.8 Å². The van der Waals surface area contributed by atoms with Crippen LogP contribution in [0.25, 0.3) is 0 Å². The maximum atomic E-state index is 12.5. The van der Waals surface area contributed by atoms with E-state index in [9.17, 15) is 4.39 Å². The molecule has 1 atom stereocenters. The highest BCUT2D eigenvalue weighted by Crippen LogP contribution is 2.20. The number of hydrogen-bond acceptors (Lipinski definition) is 0. The van der Waals surface area contributed by atoms with Crippen LogP contribution in [0.15, 0.2) is 24.3 Å². The van der Waals surface area contributed by atoms with Crippen molar-refractivity contribution in [3.05, 3.63) is 35.6 Å². The molecule has 0 aromatic heterocycles. The van der Waals surface area contributed by atoms with E-state index in [-0.39, 0.29) is 5.82 Å². The molecule has 1 heteroatoms. The molecule has 0 aliphatic carbocycles. The summed E-state index contributed by atoms with van der Waals surface area (Å²) in [6, 6.07) is 6.80. The van der Waals surface area contributed by atoms with Crippen molar-refractivity contribution in [3.63, 3.8) is 0 Å². The highest BCUT2D eigenvalue weighted by molar-refractivity contribution is 5.19. The minimum absolute atomic E-state index is 0.151. The molecule has 0 radical (unpaired) electrons. The Morgan fingerprint density at radius 2 is 1.64 bits per heavy atom. The summed E-state index contributed by atoms with van der Waals surface area (Å²) in [5.74, 6) is 0.401. The molecule has 0 aliphatic rings. The van der Waals surface area contributed by atoms with Gasteiger partial charge in [-0.15, -0.1) is 0 Å². The molecule has 0 saturated heterocycles. The zero-order valence-corrected chi connectivity index (χ0v) is 9.68. The lowest BCUT2D eigenvalue weighted by Crippen LogP contribution is -1.92. The Hall–Kier alpha value is -0.850. The van der Waals surface area contributed by atoms with Crippen molar-refractivity contribution in [2.75, 3.05) is 0 Å². The van der Waals surface area contributed by atoms with Crippen molar-refractivity contribution >= 4 is 0 Å². The molecular weight excluding hydrogens is 175 g/mol. The summed E-state index contributed by atoms with van der Waals surface area (Å²) in [5, 5.41) is 0. The van der Waals surface area contributed by atoms with Gasteiger partial charge in [0.2, 0.25) is 0 Å². The summed E-state index contributed by atoms with van der Waals surface area (Å²) in [5.41, 5.74) is 1.23. The summed E-state index contributed by atoms with van der Waals surface area (Å²) >= 11 is 0. The molecule has 0 heterocycles. The smallest absolute Gasteiger partial charge is 0.123 e. The zero-order valence-electron chi connectivity index (χ0n) is 9.68. The third-order valence-corrected chi connectivity index (χ3v) is 2.16. The van der Waals surface area contributed by atoms with Crippen molar-refractivity contribution in [2.24, 2.45) is 0 Å². The van der Waals surface area contributed by atoms with Gasteiger partial charge in [-0.05, 0) is 30.0 Å². The number of halogens is 1. The Morgan fingerprint density at radius 1 is 1.14 bits per heavy atom. The van der Waals surface area contributed by atoms with Gasteiger partial charge in [0.05, 0.1) is 0 Å². The average molecular weight is 196 g/mol. The predicted molar refractivity (Wildman–Crippen MR) is 61.1 cm³/mol. The Labute approximate surface area is 87.2 Å². The van der Waals surface area contributed by atoms with Gasteiger partial charge in [0.1, 0.15) is 5.82 Å². The van der Waals surface area contributed by atoms with E-state index in [0.717, 1.165) is 0 Å². The topological polar surface area (TPSA) is 0 Å². The number of rotatable bonds is 3. The molecule has 80 valence electrons. The SMILES string of the molecule is CC.CCCC(C)c1ccc(F)cc1. The Bertz CT molecular complexity index is 225. The third-order valence-electron chi connectivity index (χ3n) is 2.16. The molecule has 0 aliphatic heterocycles. The fraction of sp³-hybridized carbons (Fsp3) is 0.538. The van der Waals surface area contributed by atoms with Crippen LogP contribution in [0, 0.1) is 5.82 Å². The summed E-state index contributed by atoms with van der Waals surface area (Å²) in [7, 11) is 0. The maximum Gasteiger partial charge on any atom is 0.123 e. The molecule has 0 bridgehead atoms. The van der Waals surface area contributed by atoms with Crippen molar-refractivity contribution in [3.8, 4) is 0 Å². The molecule has 1 rings (SSSR count). The minimum atomic E-state index is -0.151. The normalized spacial score (nSPS) is 11.5. The van der Waals surface area contributed by atoms with E-state index in [1.165, 1.54) is 30.5 Å². The molecule has 1 aromatic carbocycles. The van der Waals surface area contributed by atoms with Crippen molar-refractivity contribution in [2.45, 2.75) is 46.5 Å². The lowest BCUT2D eigenvalue weighted by molar-refractivity contribution is 0.621. The van der Waals surface area contributed by atoms with Gasteiger partial charge in [-0.25, -0.2) is 4.39 Å². The molecule has 0 nitrogen and oxygen atoms in total. The van der Waals surface area contributed by atoms with E-state index >= 15 is 0 Å². The van der Waals surface area contributed by atoms with Gasteiger partial charge in [-0.2, -0.15) is 0 Å². The first-order valence-corrected chi connectivity index (χ1v) is 5.49. The van der Waals surface area contributed by atoms with Gasteiger partial charge in [-0.1, -0.05) is 46.2 Å². The zero-order chi connectivity index (χ0) is 11.0. The third kappa shape index (κ3) is 4.40. The van der Waals surface area contributed by atoms with Crippen LogP contribution in [0.2, 0.25) is 0 Å². The standard InChI is InChI=1S/C11H15F.C2H6/c1-3-4-9(2)10-5-7-11(12)8-6-10;1-2/h5-9H,3-4H2,1-2H3;1-2H3. The second-order valence-electron chi connectivity index (χ2n) is 3.24. The molecular formula is C13H21F. The molecule has 0 amide bonds. The fourth-order valence-electron chi connectivity index (χ4n) is 1.39. The highest BCUT2D eigenvalue weighted by Gasteiger charge is 2.02. The summed E-state index contributed by atoms with van der Waals surface area (Å²) in [6.45, 7) is 8.34. The van der Waals surface area contributed by atoms with Gasteiger partial charge in [-0.3, -0.25) is 0 Å². The van der Waals surface area contributed by atoms with Gasteiger partial charge in [0, 0.05) is 0 Å². The summed E-state index contributed by atoms with van der Waals surface area (Å²) < 4.78 is 12.5. The predicted octanol–water partition coefficient (Wildman–Crippen LogP) is 4.76. The fourth-order valence-corrected chi connectivity index (χ4v) is 1.39. The van der Waals surface area contributed by atoms with Crippen LogP contribution in [0.5, 0.6) is 0 Å². The quantitative estimate of drug-likeness (QED) is 0.654. The molecule has 0 N–H and O–H groups in total. The summed E-state index contributed by atoms with van der Waals surface area (Å²) in [4.78, 5) is 0. The first-order chi connectivity index (χ1) is 6.74. The van der Waals surface area contributed by atoms with Crippen molar-refractivity contribution < 1.29 is 4.39 Å². The Kier molecular flexibility index (Phi) is 7.09. The summed E-state index contributed by atoms with van der Waals surface area (Å²) in [6.07, 6.45) is 2.35. The largest absolute Gasteiger partial charge is 0.207 e. The van der Waals surface area contributed by atoms with Crippen LogP contribution in [0.1, 0.15) is 52.0 Å². The van der Waals surface area contributed by atoms with E-state index in [0.29, 0.717) is 5.92 Å². The molecule has 1 unspecified atom stereocenters. The maximum absolute atomic E-state index is 12.5. The van der Waals surface area contributed by atoms with Gasteiger partial charge < -0.3 is 0 Å². The second-order valence-corrected chi connectivity index (χ2v) is 3.24. The Morgan fingerprint density at radius 3 is 2.07 bits per heavy atom. The average Bonchev–Trinajstić information content (AvgIpc) is 2.22. The van der Waals surface area contributed by atoms with Crippen LogP contribution < -0.4 is 0 Å². The van der Waals surface area contributed by atoms with Crippen LogP contribution in [-0.2, 0) is 0 Å². The molecule has 14 heavy (non-hydrogen) atoms. The minimum Gasteiger partial charge on any atom is -0.207 e. The lowest BCUT2D eigenvalue weighted by atomic mass is 9.97.